The van der Waals surface area contributed by atoms with E-state index in [1.807, 2.05) is 24.3 Å². The number of para-hydroxylation sites is 2. The molecular weight excluding hydrogens is 374 g/mol. The number of nitrogens with zero attached hydrogens (tertiary/aromatic N) is 1. The summed E-state index contributed by atoms with van der Waals surface area (Å²) in [5.74, 6) is -0.107. The molecule has 3 rings (SSSR count). The second-order valence-corrected chi connectivity index (χ2v) is 8.00. The fraction of sp³-hybridized carbons (Fsp3) is 0.176. The van der Waals surface area contributed by atoms with E-state index in [0.29, 0.717) is 23.0 Å². The van der Waals surface area contributed by atoms with Crippen LogP contribution in [0.25, 0.3) is 11.1 Å². The lowest BCUT2D eigenvalue weighted by atomic mass is 10.3. The molecule has 2 aromatic carbocycles. The third-order valence-corrected chi connectivity index (χ3v) is 5.77. The van der Waals surface area contributed by atoms with Crippen molar-refractivity contribution in [2.24, 2.45) is 0 Å². The van der Waals surface area contributed by atoms with Crippen molar-refractivity contribution in [1.29, 1.82) is 0 Å². The molecule has 0 radical (unpaired) electrons. The second-order valence-electron chi connectivity index (χ2n) is 5.31. The predicted molar refractivity (Wildman–Crippen MR) is 101 cm³/mol. The SMILES string of the molecule is CCNS(=O)(=O)c1ccc(NC(=O)CSc2nc3ccccc3o2)cc1. The fourth-order valence-electron chi connectivity index (χ4n) is 2.23. The maximum Gasteiger partial charge on any atom is 0.257 e. The Morgan fingerprint density at radius 1 is 1.15 bits per heavy atom. The molecule has 7 nitrogen and oxygen atoms in total. The quantitative estimate of drug-likeness (QED) is 0.601. The number of thioether (sulfide) groups is 1. The van der Waals surface area contributed by atoms with Gasteiger partial charge < -0.3 is 9.73 Å². The molecule has 9 heteroatoms. The van der Waals surface area contributed by atoms with Crippen molar-refractivity contribution in [1.82, 2.24) is 9.71 Å². The van der Waals surface area contributed by atoms with Crippen molar-refractivity contribution in [2.75, 3.05) is 17.6 Å². The Morgan fingerprint density at radius 2 is 1.88 bits per heavy atom. The number of amides is 1. The Hall–Kier alpha value is -2.36. The summed E-state index contributed by atoms with van der Waals surface area (Å²) in [6.45, 7) is 2.02. The summed E-state index contributed by atoms with van der Waals surface area (Å²) in [6.07, 6.45) is 0. The van der Waals surface area contributed by atoms with Crippen molar-refractivity contribution in [3.63, 3.8) is 0 Å². The van der Waals surface area contributed by atoms with Gasteiger partial charge >= 0.3 is 0 Å². The lowest BCUT2D eigenvalue weighted by Crippen LogP contribution is -2.23. The van der Waals surface area contributed by atoms with Gasteiger partial charge in [0.25, 0.3) is 5.22 Å². The monoisotopic (exact) mass is 391 g/mol. The normalized spacial score (nSPS) is 11.6. The summed E-state index contributed by atoms with van der Waals surface area (Å²) in [6, 6.07) is 13.4. The largest absolute Gasteiger partial charge is 0.431 e. The maximum absolute atomic E-state index is 12.1. The van der Waals surface area contributed by atoms with Crippen LogP contribution in [0, 0.1) is 0 Å². The van der Waals surface area contributed by atoms with E-state index >= 15 is 0 Å². The highest BCUT2D eigenvalue weighted by Gasteiger charge is 2.13. The van der Waals surface area contributed by atoms with Crippen LogP contribution in [0.15, 0.2) is 63.1 Å². The molecule has 0 aliphatic heterocycles. The average molecular weight is 391 g/mol. The Bertz CT molecular complexity index is 981. The van der Waals surface area contributed by atoms with Crippen molar-refractivity contribution < 1.29 is 17.6 Å². The molecule has 136 valence electrons. The molecule has 2 N–H and O–H groups in total. The van der Waals surface area contributed by atoms with Crippen molar-refractivity contribution >= 4 is 44.5 Å². The topological polar surface area (TPSA) is 101 Å². The molecule has 1 aromatic heterocycles. The average Bonchev–Trinajstić information content (AvgIpc) is 3.03. The van der Waals surface area contributed by atoms with Gasteiger partial charge in [-0.1, -0.05) is 30.8 Å². The zero-order chi connectivity index (χ0) is 18.6. The third kappa shape index (κ3) is 4.43. The number of oxazole rings is 1. The summed E-state index contributed by atoms with van der Waals surface area (Å²) in [5, 5.41) is 3.14. The summed E-state index contributed by atoms with van der Waals surface area (Å²) in [4.78, 5) is 16.5. The predicted octanol–water partition coefficient (Wildman–Crippen LogP) is 2.86. The minimum atomic E-state index is -3.50. The van der Waals surface area contributed by atoms with Gasteiger partial charge in [-0.25, -0.2) is 18.1 Å². The number of nitrogens with one attached hydrogen (secondary N) is 2. The highest BCUT2D eigenvalue weighted by atomic mass is 32.2. The molecule has 26 heavy (non-hydrogen) atoms. The van der Waals surface area contributed by atoms with Crippen LogP contribution < -0.4 is 10.0 Å². The van der Waals surface area contributed by atoms with E-state index in [1.165, 1.54) is 23.9 Å². The summed E-state index contributed by atoms with van der Waals surface area (Å²) in [5.41, 5.74) is 1.93. The van der Waals surface area contributed by atoms with Gasteiger partial charge in [0.15, 0.2) is 5.58 Å². The lowest BCUT2D eigenvalue weighted by Gasteiger charge is -2.07. The molecular formula is C17H17N3O4S2. The number of aromatic nitrogens is 1. The van der Waals surface area contributed by atoms with Gasteiger partial charge in [-0.2, -0.15) is 0 Å². The van der Waals surface area contributed by atoms with Crippen molar-refractivity contribution in [3.05, 3.63) is 48.5 Å². The molecule has 0 bridgehead atoms. The van der Waals surface area contributed by atoms with E-state index in [4.69, 9.17) is 4.42 Å². The number of fused-ring (bicyclic) bond motifs is 1. The number of anilines is 1. The standard InChI is InChI=1S/C17H17N3O4S2/c1-2-18-26(22,23)13-9-7-12(8-10-13)19-16(21)11-25-17-20-14-5-3-4-6-15(14)24-17/h3-10,18H,2,11H2,1H3,(H,19,21). The molecule has 0 aliphatic carbocycles. The number of sulfonamides is 1. The van der Waals surface area contributed by atoms with Crippen LogP contribution in [0.2, 0.25) is 0 Å². The minimum Gasteiger partial charge on any atom is -0.431 e. The number of hydrogen-bond acceptors (Lipinski definition) is 6. The number of hydrogen-bond donors (Lipinski definition) is 2. The fourth-order valence-corrected chi connectivity index (χ4v) is 3.91. The van der Waals surface area contributed by atoms with Crippen LogP contribution in [-0.4, -0.2) is 31.6 Å². The molecule has 0 spiro atoms. The number of rotatable bonds is 7. The third-order valence-electron chi connectivity index (χ3n) is 3.38. The van der Waals surface area contributed by atoms with E-state index in [1.54, 1.807) is 19.1 Å². The maximum atomic E-state index is 12.1. The van der Waals surface area contributed by atoms with Crippen LogP contribution in [0.5, 0.6) is 0 Å². The molecule has 0 saturated heterocycles. The van der Waals surface area contributed by atoms with Gasteiger partial charge in [0.1, 0.15) is 5.52 Å². The van der Waals surface area contributed by atoms with Gasteiger partial charge in [0.05, 0.1) is 10.6 Å². The summed E-state index contributed by atoms with van der Waals surface area (Å²) in [7, 11) is -3.50. The first-order valence-electron chi connectivity index (χ1n) is 7.86. The molecule has 0 fully saturated rings. The van der Waals surface area contributed by atoms with Crippen molar-refractivity contribution in [2.45, 2.75) is 17.0 Å². The van der Waals surface area contributed by atoms with E-state index in [9.17, 15) is 13.2 Å². The van der Waals surface area contributed by atoms with E-state index in [0.717, 1.165) is 5.52 Å². The zero-order valence-corrected chi connectivity index (χ0v) is 15.6. The zero-order valence-electron chi connectivity index (χ0n) is 13.9. The first kappa shape index (κ1) is 18.4. The molecule has 0 unspecified atom stereocenters. The highest BCUT2D eigenvalue weighted by Crippen LogP contribution is 2.23. The highest BCUT2D eigenvalue weighted by molar-refractivity contribution is 7.99. The van der Waals surface area contributed by atoms with Crippen LogP contribution in [0.1, 0.15) is 6.92 Å². The molecule has 1 heterocycles. The first-order valence-corrected chi connectivity index (χ1v) is 10.3. The number of benzene rings is 2. The number of carbonyl (C=O) groups is 1. The molecule has 0 aliphatic rings. The van der Waals surface area contributed by atoms with Crippen molar-refractivity contribution in [3.8, 4) is 0 Å². The Labute approximate surface area is 155 Å². The molecule has 0 saturated carbocycles. The van der Waals surface area contributed by atoms with Gasteiger partial charge in [0, 0.05) is 12.2 Å². The lowest BCUT2D eigenvalue weighted by molar-refractivity contribution is -0.113. The number of carbonyl (C=O) groups excluding carboxylic acids is 1. The first-order chi connectivity index (χ1) is 12.5. The van der Waals surface area contributed by atoms with Crippen LogP contribution >= 0.6 is 11.8 Å². The Kier molecular flexibility index (Phi) is 5.60. The van der Waals surface area contributed by atoms with Gasteiger partial charge in [-0.15, -0.1) is 0 Å². The summed E-state index contributed by atoms with van der Waals surface area (Å²) < 4.78 is 31.7. The van der Waals surface area contributed by atoms with Crippen LogP contribution in [0.4, 0.5) is 5.69 Å². The van der Waals surface area contributed by atoms with Crippen LogP contribution in [0.3, 0.4) is 0 Å². The Morgan fingerprint density at radius 3 is 2.58 bits per heavy atom. The smallest absolute Gasteiger partial charge is 0.257 e. The second kappa shape index (κ2) is 7.90. The summed E-state index contributed by atoms with van der Waals surface area (Å²) >= 11 is 1.19. The van der Waals surface area contributed by atoms with Gasteiger partial charge in [-0.3, -0.25) is 4.79 Å². The van der Waals surface area contributed by atoms with E-state index in [2.05, 4.69) is 15.0 Å². The van der Waals surface area contributed by atoms with Gasteiger partial charge in [0.2, 0.25) is 15.9 Å². The molecule has 0 atom stereocenters. The van der Waals surface area contributed by atoms with Gasteiger partial charge in [-0.05, 0) is 36.4 Å². The minimum absolute atomic E-state index is 0.129. The van der Waals surface area contributed by atoms with Crippen LogP contribution in [-0.2, 0) is 14.8 Å². The molecule has 3 aromatic rings. The Balaban J connectivity index is 1.57. The van der Waals surface area contributed by atoms with E-state index in [-0.39, 0.29) is 16.6 Å². The molecule has 1 amide bonds. The van der Waals surface area contributed by atoms with E-state index < -0.39 is 10.0 Å².